The Bertz CT molecular complexity index is 841. The van der Waals surface area contributed by atoms with Crippen molar-refractivity contribution in [1.29, 1.82) is 0 Å². The average molecular weight is 364 g/mol. The molecule has 4 heteroatoms. The summed E-state index contributed by atoms with van der Waals surface area (Å²) in [7, 11) is 0. The van der Waals surface area contributed by atoms with Crippen LogP contribution in [0.2, 0.25) is 0 Å². The average Bonchev–Trinajstić information content (AvgIpc) is 3.07. The predicted octanol–water partition coefficient (Wildman–Crippen LogP) is 3.82. The van der Waals surface area contributed by atoms with Crippen molar-refractivity contribution in [3.63, 3.8) is 0 Å². The van der Waals surface area contributed by atoms with Crippen LogP contribution in [0.15, 0.2) is 42.5 Å². The standard InChI is InChI=1S/C23H28N2O2/c26-21-10-12-23(24-21,13-11-22(27)25-14-4-1-5-15-25)17-18-8-9-19-6-2-3-7-20(19)16-18/h2-3,6-9,16H,1,4-5,10-15,17H2,(H,24,26)/t23-/m1/s1. The van der Waals surface area contributed by atoms with Gasteiger partial charge in [0.05, 0.1) is 0 Å². The van der Waals surface area contributed by atoms with Crippen LogP contribution in [-0.2, 0) is 16.0 Å². The predicted molar refractivity (Wildman–Crippen MR) is 107 cm³/mol. The zero-order valence-corrected chi connectivity index (χ0v) is 15.9. The number of piperidine rings is 1. The zero-order chi connectivity index (χ0) is 18.7. The monoisotopic (exact) mass is 364 g/mol. The highest BCUT2D eigenvalue weighted by Crippen LogP contribution is 2.31. The van der Waals surface area contributed by atoms with Gasteiger partial charge in [-0.3, -0.25) is 9.59 Å². The highest BCUT2D eigenvalue weighted by molar-refractivity contribution is 5.83. The lowest BCUT2D eigenvalue weighted by Crippen LogP contribution is -2.45. The first kappa shape index (κ1) is 18.0. The largest absolute Gasteiger partial charge is 0.350 e. The van der Waals surface area contributed by atoms with Crippen LogP contribution in [-0.4, -0.2) is 35.3 Å². The molecule has 4 rings (SSSR count). The van der Waals surface area contributed by atoms with Crippen molar-refractivity contribution >= 4 is 22.6 Å². The summed E-state index contributed by atoms with van der Waals surface area (Å²) in [4.78, 5) is 26.6. The summed E-state index contributed by atoms with van der Waals surface area (Å²) in [5.74, 6) is 0.356. The number of hydrogen-bond donors (Lipinski definition) is 1. The van der Waals surface area contributed by atoms with E-state index in [1.165, 1.54) is 22.8 Å². The van der Waals surface area contributed by atoms with Gasteiger partial charge in [-0.1, -0.05) is 42.5 Å². The number of hydrogen-bond acceptors (Lipinski definition) is 2. The maximum absolute atomic E-state index is 12.6. The highest BCUT2D eigenvalue weighted by Gasteiger charge is 2.38. The quantitative estimate of drug-likeness (QED) is 0.877. The van der Waals surface area contributed by atoms with Gasteiger partial charge in [0.15, 0.2) is 0 Å². The Balaban J connectivity index is 1.47. The first-order valence-electron chi connectivity index (χ1n) is 10.2. The molecule has 27 heavy (non-hydrogen) atoms. The van der Waals surface area contributed by atoms with Crippen molar-refractivity contribution < 1.29 is 9.59 Å². The number of benzene rings is 2. The van der Waals surface area contributed by atoms with Gasteiger partial charge < -0.3 is 10.2 Å². The van der Waals surface area contributed by atoms with E-state index in [2.05, 4.69) is 41.7 Å². The van der Waals surface area contributed by atoms with E-state index >= 15 is 0 Å². The number of nitrogens with one attached hydrogen (secondary N) is 1. The SMILES string of the molecule is O=C1CC[C@@](CCC(=O)N2CCCCC2)(Cc2ccc3ccccc3c2)N1. The second-order valence-electron chi connectivity index (χ2n) is 8.13. The van der Waals surface area contributed by atoms with E-state index in [0.29, 0.717) is 12.8 Å². The van der Waals surface area contributed by atoms with Crippen LogP contribution in [0.3, 0.4) is 0 Å². The number of carbonyl (C=O) groups is 2. The first-order chi connectivity index (χ1) is 13.1. The molecule has 2 aliphatic rings. The lowest BCUT2D eigenvalue weighted by atomic mass is 9.84. The van der Waals surface area contributed by atoms with Gasteiger partial charge in [-0.15, -0.1) is 0 Å². The van der Waals surface area contributed by atoms with Crippen LogP contribution in [0.1, 0.15) is 50.5 Å². The number of carbonyl (C=O) groups excluding carboxylic acids is 2. The van der Waals surface area contributed by atoms with Gasteiger partial charge in [-0.05, 0) is 54.9 Å². The lowest BCUT2D eigenvalue weighted by molar-refractivity contribution is -0.132. The summed E-state index contributed by atoms with van der Waals surface area (Å²) in [5, 5.41) is 5.66. The minimum absolute atomic E-state index is 0.112. The second kappa shape index (κ2) is 7.71. The third kappa shape index (κ3) is 4.15. The molecule has 2 saturated heterocycles. The fourth-order valence-electron chi connectivity index (χ4n) is 4.57. The number of nitrogens with zero attached hydrogens (tertiary/aromatic N) is 1. The summed E-state index contributed by atoms with van der Waals surface area (Å²) in [5.41, 5.74) is 0.937. The smallest absolute Gasteiger partial charge is 0.222 e. The maximum atomic E-state index is 12.6. The summed E-state index contributed by atoms with van der Waals surface area (Å²) in [6.45, 7) is 1.78. The van der Waals surface area contributed by atoms with E-state index in [1.807, 2.05) is 11.0 Å². The van der Waals surface area contributed by atoms with Gasteiger partial charge in [0.25, 0.3) is 0 Å². The molecule has 2 aromatic carbocycles. The van der Waals surface area contributed by atoms with Crippen LogP contribution in [0.4, 0.5) is 0 Å². The molecule has 1 N–H and O–H groups in total. The molecule has 1 atom stereocenters. The Morgan fingerprint density at radius 1 is 1.04 bits per heavy atom. The summed E-state index contributed by atoms with van der Waals surface area (Å²) < 4.78 is 0. The highest BCUT2D eigenvalue weighted by atomic mass is 16.2. The molecule has 2 heterocycles. The number of likely N-dealkylation sites (tertiary alicyclic amines) is 1. The van der Waals surface area contributed by atoms with Crippen LogP contribution in [0.5, 0.6) is 0 Å². The summed E-state index contributed by atoms with van der Waals surface area (Å²) >= 11 is 0. The molecule has 0 aliphatic carbocycles. The van der Waals surface area contributed by atoms with Crippen LogP contribution < -0.4 is 5.32 Å². The maximum Gasteiger partial charge on any atom is 0.222 e. The Labute approximate surface area is 160 Å². The number of amides is 2. The zero-order valence-electron chi connectivity index (χ0n) is 15.9. The molecule has 2 fully saturated rings. The molecule has 2 aromatic rings. The van der Waals surface area contributed by atoms with Crippen LogP contribution in [0.25, 0.3) is 10.8 Å². The van der Waals surface area contributed by atoms with Gasteiger partial charge in [0.2, 0.25) is 11.8 Å². The fraction of sp³-hybridized carbons (Fsp3) is 0.478. The van der Waals surface area contributed by atoms with Crippen LogP contribution in [0, 0.1) is 0 Å². The molecule has 0 bridgehead atoms. The molecule has 0 radical (unpaired) electrons. The number of fused-ring (bicyclic) bond motifs is 1. The van der Waals surface area contributed by atoms with E-state index in [1.54, 1.807) is 0 Å². The van der Waals surface area contributed by atoms with Crippen molar-refractivity contribution in [1.82, 2.24) is 10.2 Å². The summed E-state index contributed by atoms with van der Waals surface area (Å²) in [6, 6.07) is 14.9. The molecule has 0 saturated carbocycles. The van der Waals surface area contributed by atoms with Gasteiger partial charge >= 0.3 is 0 Å². The molecule has 4 nitrogen and oxygen atoms in total. The third-order valence-corrected chi connectivity index (χ3v) is 6.12. The topological polar surface area (TPSA) is 49.4 Å². The third-order valence-electron chi connectivity index (χ3n) is 6.12. The van der Waals surface area contributed by atoms with Crippen LogP contribution >= 0.6 is 0 Å². The Hall–Kier alpha value is -2.36. The molecular weight excluding hydrogens is 336 g/mol. The van der Waals surface area contributed by atoms with E-state index in [-0.39, 0.29) is 17.4 Å². The minimum atomic E-state index is -0.287. The van der Waals surface area contributed by atoms with Gasteiger partial charge in [0.1, 0.15) is 0 Å². The van der Waals surface area contributed by atoms with Crippen molar-refractivity contribution in [3.8, 4) is 0 Å². The van der Waals surface area contributed by atoms with Gasteiger partial charge in [-0.2, -0.15) is 0 Å². The normalized spacial score (nSPS) is 22.8. The van der Waals surface area contributed by atoms with Crippen molar-refractivity contribution in [2.24, 2.45) is 0 Å². The fourth-order valence-corrected chi connectivity index (χ4v) is 4.57. The molecule has 0 unspecified atom stereocenters. The van der Waals surface area contributed by atoms with E-state index in [0.717, 1.165) is 45.2 Å². The van der Waals surface area contributed by atoms with Gasteiger partial charge in [-0.25, -0.2) is 0 Å². The second-order valence-corrected chi connectivity index (χ2v) is 8.13. The Morgan fingerprint density at radius 2 is 1.81 bits per heavy atom. The Kier molecular flexibility index (Phi) is 5.15. The molecule has 2 amide bonds. The lowest BCUT2D eigenvalue weighted by Gasteiger charge is -2.32. The van der Waals surface area contributed by atoms with E-state index in [4.69, 9.17) is 0 Å². The van der Waals surface area contributed by atoms with Crippen molar-refractivity contribution in [3.05, 3.63) is 48.0 Å². The Morgan fingerprint density at radius 3 is 2.56 bits per heavy atom. The molecule has 142 valence electrons. The van der Waals surface area contributed by atoms with E-state index < -0.39 is 0 Å². The van der Waals surface area contributed by atoms with Crippen molar-refractivity contribution in [2.75, 3.05) is 13.1 Å². The summed E-state index contributed by atoms with van der Waals surface area (Å²) in [6.07, 6.45) is 6.87. The minimum Gasteiger partial charge on any atom is -0.350 e. The van der Waals surface area contributed by atoms with Gasteiger partial charge in [0, 0.05) is 31.5 Å². The van der Waals surface area contributed by atoms with E-state index in [9.17, 15) is 9.59 Å². The molecule has 2 aliphatic heterocycles. The number of rotatable bonds is 5. The molecular formula is C23H28N2O2. The van der Waals surface area contributed by atoms with Crippen molar-refractivity contribution in [2.45, 2.75) is 56.9 Å². The molecule has 0 aromatic heterocycles. The molecule has 0 spiro atoms. The first-order valence-corrected chi connectivity index (χ1v) is 10.2.